The lowest BCUT2D eigenvalue weighted by molar-refractivity contribution is 0.493. The van der Waals surface area contributed by atoms with Crippen LogP contribution in [0.15, 0.2) is 12.4 Å². The van der Waals surface area contributed by atoms with E-state index in [2.05, 4.69) is 28.7 Å². The number of nitrogens with two attached hydrogens (primary N) is 1. The molecule has 0 amide bonds. The number of aromatic nitrogens is 2. The molecule has 0 aromatic carbocycles. The van der Waals surface area contributed by atoms with E-state index in [1.54, 1.807) is 12.4 Å². The molecule has 0 saturated heterocycles. The van der Waals surface area contributed by atoms with Crippen molar-refractivity contribution < 1.29 is 0 Å². The van der Waals surface area contributed by atoms with Gasteiger partial charge in [-0.05, 0) is 20.8 Å². The fourth-order valence-corrected chi connectivity index (χ4v) is 1.15. The van der Waals surface area contributed by atoms with Gasteiger partial charge in [-0.25, -0.2) is 4.98 Å². The van der Waals surface area contributed by atoms with Crippen LogP contribution < -0.4 is 10.6 Å². The Morgan fingerprint density at radius 2 is 1.93 bits per heavy atom. The molecule has 0 aliphatic carbocycles. The van der Waals surface area contributed by atoms with Crippen molar-refractivity contribution >= 4 is 5.82 Å². The summed E-state index contributed by atoms with van der Waals surface area (Å²) in [5.41, 5.74) is 6.54. The highest BCUT2D eigenvalue weighted by atomic mass is 15.2. The third-order valence-electron chi connectivity index (χ3n) is 2.58. The van der Waals surface area contributed by atoms with E-state index in [9.17, 15) is 0 Å². The number of rotatable bonds is 3. The lowest BCUT2D eigenvalue weighted by Crippen LogP contribution is -2.48. The number of aryl methyl sites for hydroxylation is 1. The van der Waals surface area contributed by atoms with E-state index in [4.69, 9.17) is 5.73 Å². The Morgan fingerprint density at radius 3 is 2.43 bits per heavy atom. The second kappa shape index (κ2) is 3.92. The van der Waals surface area contributed by atoms with Crippen LogP contribution in [0.25, 0.3) is 0 Å². The number of likely N-dealkylation sites (N-methyl/N-ethyl adjacent to an activating group) is 1. The van der Waals surface area contributed by atoms with Gasteiger partial charge in [0.15, 0.2) is 0 Å². The van der Waals surface area contributed by atoms with Crippen molar-refractivity contribution in [3.8, 4) is 0 Å². The Bertz CT molecular complexity index is 309. The zero-order chi connectivity index (χ0) is 10.8. The van der Waals surface area contributed by atoms with Gasteiger partial charge in [-0.1, -0.05) is 0 Å². The molecule has 0 aliphatic heterocycles. The van der Waals surface area contributed by atoms with Gasteiger partial charge in [0.1, 0.15) is 5.82 Å². The number of nitrogens with zero attached hydrogens (tertiary/aromatic N) is 3. The van der Waals surface area contributed by atoms with E-state index in [0.717, 1.165) is 11.5 Å². The Hall–Kier alpha value is -1.16. The summed E-state index contributed by atoms with van der Waals surface area (Å²) in [5.74, 6) is 0.892. The summed E-state index contributed by atoms with van der Waals surface area (Å²) in [4.78, 5) is 10.6. The van der Waals surface area contributed by atoms with Gasteiger partial charge < -0.3 is 10.6 Å². The quantitative estimate of drug-likeness (QED) is 0.778. The summed E-state index contributed by atoms with van der Waals surface area (Å²) < 4.78 is 0. The van der Waals surface area contributed by atoms with E-state index in [1.165, 1.54) is 0 Å². The van der Waals surface area contributed by atoms with E-state index >= 15 is 0 Å². The summed E-state index contributed by atoms with van der Waals surface area (Å²) >= 11 is 0. The Kier molecular flexibility index (Phi) is 3.06. The van der Waals surface area contributed by atoms with E-state index < -0.39 is 0 Å². The fourth-order valence-electron chi connectivity index (χ4n) is 1.15. The summed E-state index contributed by atoms with van der Waals surface area (Å²) in [6, 6.07) is 0. The molecule has 0 unspecified atom stereocenters. The molecule has 0 saturated carbocycles. The molecule has 1 heterocycles. The fraction of sp³-hybridized carbons (Fsp3) is 0.600. The topological polar surface area (TPSA) is 55.0 Å². The van der Waals surface area contributed by atoms with Crippen LogP contribution in [0.2, 0.25) is 0 Å². The Labute approximate surface area is 85.2 Å². The second-order valence-electron chi connectivity index (χ2n) is 4.04. The van der Waals surface area contributed by atoms with Gasteiger partial charge in [-0.2, -0.15) is 0 Å². The first-order valence-corrected chi connectivity index (χ1v) is 4.70. The summed E-state index contributed by atoms with van der Waals surface area (Å²) in [6.45, 7) is 6.70. The van der Waals surface area contributed by atoms with Gasteiger partial charge in [-0.15, -0.1) is 0 Å². The molecule has 0 aliphatic rings. The normalized spacial score (nSPS) is 11.5. The molecule has 4 nitrogen and oxygen atoms in total. The minimum absolute atomic E-state index is 0.0964. The van der Waals surface area contributed by atoms with Crippen LogP contribution >= 0.6 is 0 Å². The predicted octanol–water partition coefficient (Wildman–Crippen LogP) is 0.959. The number of hydrogen-bond acceptors (Lipinski definition) is 4. The van der Waals surface area contributed by atoms with Gasteiger partial charge in [-0.3, -0.25) is 4.98 Å². The average molecular weight is 194 g/mol. The maximum absolute atomic E-state index is 5.70. The molecular weight excluding hydrogens is 176 g/mol. The first-order chi connectivity index (χ1) is 6.49. The van der Waals surface area contributed by atoms with E-state index in [1.807, 2.05) is 14.0 Å². The number of hydrogen-bond donors (Lipinski definition) is 1. The Balaban J connectivity index is 3.00. The van der Waals surface area contributed by atoms with Gasteiger partial charge in [0.25, 0.3) is 0 Å². The van der Waals surface area contributed by atoms with Crippen molar-refractivity contribution in [3.63, 3.8) is 0 Å². The molecule has 1 rings (SSSR count). The Morgan fingerprint density at radius 1 is 1.36 bits per heavy atom. The van der Waals surface area contributed by atoms with Crippen molar-refractivity contribution in [2.75, 3.05) is 18.5 Å². The highest BCUT2D eigenvalue weighted by Crippen LogP contribution is 2.20. The van der Waals surface area contributed by atoms with Gasteiger partial charge in [0, 0.05) is 31.5 Å². The van der Waals surface area contributed by atoms with Crippen LogP contribution in [-0.4, -0.2) is 29.1 Å². The molecule has 0 bridgehead atoms. The monoisotopic (exact) mass is 194 g/mol. The maximum atomic E-state index is 5.70. The van der Waals surface area contributed by atoms with Gasteiger partial charge >= 0.3 is 0 Å². The zero-order valence-corrected chi connectivity index (χ0v) is 9.28. The molecule has 14 heavy (non-hydrogen) atoms. The smallest absolute Gasteiger partial charge is 0.150 e. The van der Waals surface area contributed by atoms with Crippen LogP contribution in [0, 0.1) is 6.92 Å². The van der Waals surface area contributed by atoms with Crippen LogP contribution in [-0.2, 0) is 0 Å². The van der Waals surface area contributed by atoms with E-state index in [-0.39, 0.29) is 5.54 Å². The predicted molar refractivity (Wildman–Crippen MR) is 58.3 cm³/mol. The first-order valence-electron chi connectivity index (χ1n) is 4.70. The van der Waals surface area contributed by atoms with Crippen molar-refractivity contribution in [3.05, 3.63) is 18.1 Å². The van der Waals surface area contributed by atoms with Crippen molar-refractivity contribution in [2.45, 2.75) is 26.3 Å². The van der Waals surface area contributed by atoms with Crippen molar-refractivity contribution in [2.24, 2.45) is 5.73 Å². The minimum Gasteiger partial charge on any atom is -0.352 e. The van der Waals surface area contributed by atoms with Gasteiger partial charge in [0.2, 0.25) is 0 Å². The molecule has 0 spiro atoms. The second-order valence-corrected chi connectivity index (χ2v) is 4.04. The van der Waals surface area contributed by atoms with E-state index in [0.29, 0.717) is 6.54 Å². The summed E-state index contributed by atoms with van der Waals surface area (Å²) in [5, 5.41) is 0. The molecule has 2 N–H and O–H groups in total. The third kappa shape index (κ3) is 2.01. The van der Waals surface area contributed by atoms with Crippen molar-refractivity contribution in [1.29, 1.82) is 0 Å². The SMILES string of the molecule is Cc1nccnc1N(C)C(C)(C)CN. The standard InChI is InChI=1S/C10H18N4/c1-8-9(13-6-5-12-8)14(4)10(2,3)7-11/h5-6H,7,11H2,1-4H3. The van der Waals surface area contributed by atoms with Crippen molar-refractivity contribution in [1.82, 2.24) is 9.97 Å². The molecule has 0 atom stereocenters. The van der Waals surface area contributed by atoms with Gasteiger partial charge in [0.05, 0.1) is 5.69 Å². The molecule has 78 valence electrons. The maximum Gasteiger partial charge on any atom is 0.150 e. The number of anilines is 1. The molecule has 1 aromatic heterocycles. The highest BCUT2D eigenvalue weighted by molar-refractivity contribution is 5.44. The first kappa shape index (κ1) is 10.9. The zero-order valence-electron chi connectivity index (χ0n) is 9.28. The highest BCUT2D eigenvalue weighted by Gasteiger charge is 2.23. The summed E-state index contributed by atoms with van der Waals surface area (Å²) in [6.07, 6.45) is 3.40. The third-order valence-corrected chi connectivity index (χ3v) is 2.58. The lowest BCUT2D eigenvalue weighted by Gasteiger charge is -2.35. The largest absolute Gasteiger partial charge is 0.352 e. The molecular formula is C10H18N4. The molecule has 4 heteroatoms. The average Bonchev–Trinajstić information content (AvgIpc) is 2.17. The minimum atomic E-state index is -0.0964. The van der Waals surface area contributed by atoms with Crippen LogP contribution in [0.3, 0.4) is 0 Å². The molecule has 0 radical (unpaired) electrons. The molecule has 0 fully saturated rings. The lowest BCUT2D eigenvalue weighted by atomic mass is 10.0. The molecule has 1 aromatic rings. The van der Waals surface area contributed by atoms with Crippen LogP contribution in [0.4, 0.5) is 5.82 Å². The summed E-state index contributed by atoms with van der Waals surface area (Å²) in [7, 11) is 1.99. The van der Waals surface area contributed by atoms with Crippen LogP contribution in [0.1, 0.15) is 19.5 Å². The van der Waals surface area contributed by atoms with Crippen LogP contribution in [0.5, 0.6) is 0 Å².